The molecule has 0 spiro atoms. The van der Waals surface area contributed by atoms with E-state index in [9.17, 15) is 4.79 Å². The summed E-state index contributed by atoms with van der Waals surface area (Å²) in [6.07, 6.45) is 0.656. The summed E-state index contributed by atoms with van der Waals surface area (Å²) in [6.45, 7) is 8.39. The SMILES string of the molecule is CCNC(Cc1ccccc1)C(=O)OC(C)(C)C. The molecule has 1 rings (SSSR count). The first kappa shape index (κ1) is 14.7. The molecule has 1 atom stereocenters. The van der Waals surface area contributed by atoms with Crippen LogP contribution in [0.25, 0.3) is 0 Å². The zero-order chi connectivity index (χ0) is 13.6. The van der Waals surface area contributed by atoms with Crippen LogP contribution in [0.4, 0.5) is 0 Å². The third-order valence-electron chi connectivity index (χ3n) is 2.42. The van der Waals surface area contributed by atoms with Crippen LogP contribution in [-0.2, 0) is 16.0 Å². The predicted molar refractivity (Wildman–Crippen MR) is 73.5 cm³/mol. The molecule has 1 N–H and O–H groups in total. The van der Waals surface area contributed by atoms with E-state index in [2.05, 4.69) is 5.32 Å². The van der Waals surface area contributed by atoms with Crippen molar-refractivity contribution in [3.05, 3.63) is 35.9 Å². The molecule has 0 fully saturated rings. The molecule has 0 saturated heterocycles. The van der Waals surface area contributed by atoms with Crippen LogP contribution in [0.3, 0.4) is 0 Å². The molecule has 18 heavy (non-hydrogen) atoms. The van der Waals surface area contributed by atoms with Gasteiger partial charge in [-0.2, -0.15) is 0 Å². The topological polar surface area (TPSA) is 38.3 Å². The van der Waals surface area contributed by atoms with Gasteiger partial charge in [-0.05, 0) is 39.3 Å². The molecule has 0 aliphatic heterocycles. The number of carbonyl (C=O) groups is 1. The molecular formula is C15H23NO2. The van der Waals surface area contributed by atoms with Crippen molar-refractivity contribution in [2.45, 2.75) is 45.8 Å². The van der Waals surface area contributed by atoms with Gasteiger partial charge in [0.2, 0.25) is 0 Å². The third-order valence-corrected chi connectivity index (χ3v) is 2.42. The first-order chi connectivity index (χ1) is 8.42. The zero-order valence-electron chi connectivity index (χ0n) is 11.7. The Labute approximate surface area is 110 Å². The highest BCUT2D eigenvalue weighted by Crippen LogP contribution is 2.11. The summed E-state index contributed by atoms with van der Waals surface area (Å²) in [5, 5.41) is 3.18. The van der Waals surface area contributed by atoms with Gasteiger partial charge < -0.3 is 10.1 Å². The molecule has 100 valence electrons. The number of nitrogens with one attached hydrogen (secondary N) is 1. The Bertz CT molecular complexity index is 368. The van der Waals surface area contributed by atoms with E-state index in [1.54, 1.807) is 0 Å². The molecule has 0 aliphatic carbocycles. The second kappa shape index (κ2) is 6.55. The predicted octanol–water partition coefficient (Wildman–Crippen LogP) is 2.55. The van der Waals surface area contributed by atoms with Gasteiger partial charge in [-0.25, -0.2) is 0 Å². The molecule has 0 radical (unpaired) electrons. The van der Waals surface area contributed by atoms with E-state index < -0.39 is 5.60 Å². The van der Waals surface area contributed by atoms with E-state index in [1.807, 2.05) is 58.0 Å². The van der Waals surface area contributed by atoms with Gasteiger partial charge in [-0.1, -0.05) is 37.3 Å². The van der Waals surface area contributed by atoms with Crippen molar-refractivity contribution in [2.75, 3.05) is 6.54 Å². The Morgan fingerprint density at radius 1 is 1.28 bits per heavy atom. The summed E-state index contributed by atoms with van der Waals surface area (Å²) in [5.74, 6) is -0.187. The van der Waals surface area contributed by atoms with Crippen LogP contribution in [-0.4, -0.2) is 24.2 Å². The Morgan fingerprint density at radius 3 is 2.39 bits per heavy atom. The van der Waals surface area contributed by atoms with E-state index in [1.165, 1.54) is 0 Å². The van der Waals surface area contributed by atoms with Crippen LogP contribution in [0.5, 0.6) is 0 Å². The van der Waals surface area contributed by atoms with Gasteiger partial charge in [0, 0.05) is 0 Å². The quantitative estimate of drug-likeness (QED) is 0.815. The van der Waals surface area contributed by atoms with Crippen LogP contribution in [0.1, 0.15) is 33.3 Å². The molecule has 0 heterocycles. The van der Waals surface area contributed by atoms with Crippen molar-refractivity contribution in [3.8, 4) is 0 Å². The van der Waals surface area contributed by atoms with Gasteiger partial charge in [-0.15, -0.1) is 0 Å². The summed E-state index contributed by atoms with van der Waals surface area (Å²) in [7, 11) is 0. The largest absolute Gasteiger partial charge is 0.459 e. The lowest BCUT2D eigenvalue weighted by atomic mass is 10.1. The number of esters is 1. The Kier molecular flexibility index (Phi) is 5.35. The zero-order valence-corrected chi connectivity index (χ0v) is 11.7. The average molecular weight is 249 g/mol. The molecule has 1 unspecified atom stereocenters. The lowest BCUT2D eigenvalue weighted by Crippen LogP contribution is -2.42. The fourth-order valence-electron chi connectivity index (χ4n) is 1.71. The number of hydrogen-bond donors (Lipinski definition) is 1. The normalized spacial score (nSPS) is 13.1. The van der Waals surface area contributed by atoms with Crippen molar-refractivity contribution in [3.63, 3.8) is 0 Å². The maximum Gasteiger partial charge on any atom is 0.323 e. The van der Waals surface area contributed by atoms with Gasteiger partial charge >= 0.3 is 5.97 Å². The fourth-order valence-corrected chi connectivity index (χ4v) is 1.71. The lowest BCUT2D eigenvalue weighted by Gasteiger charge is -2.24. The molecule has 0 aliphatic rings. The highest BCUT2D eigenvalue weighted by atomic mass is 16.6. The van der Waals surface area contributed by atoms with Gasteiger partial charge in [0.15, 0.2) is 0 Å². The van der Waals surface area contributed by atoms with Crippen LogP contribution in [0, 0.1) is 0 Å². The van der Waals surface area contributed by atoms with Crippen LogP contribution < -0.4 is 5.32 Å². The average Bonchev–Trinajstić information content (AvgIpc) is 2.27. The molecule has 1 aromatic rings. The second-order valence-corrected chi connectivity index (χ2v) is 5.33. The molecule has 0 aromatic heterocycles. The first-order valence-electron chi connectivity index (χ1n) is 6.42. The van der Waals surface area contributed by atoms with E-state index in [0.717, 1.165) is 12.1 Å². The molecular weight excluding hydrogens is 226 g/mol. The molecule has 0 amide bonds. The molecule has 3 heteroatoms. The molecule has 0 saturated carbocycles. The highest BCUT2D eigenvalue weighted by molar-refractivity contribution is 5.76. The smallest absolute Gasteiger partial charge is 0.323 e. The van der Waals surface area contributed by atoms with E-state index >= 15 is 0 Å². The van der Waals surface area contributed by atoms with E-state index in [-0.39, 0.29) is 12.0 Å². The van der Waals surface area contributed by atoms with Gasteiger partial charge in [-0.3, -0.25) is 4.79 Å². The van der Waals surface area contributed by atoms with Crippen LogP contribution >= 0.6 is 0 Å². The lowest BCUT2D eigenvalue weighted by molar-refractivity contribution is -0.157. The first-order valence-corrected chi connectivity index (χ1v) is 6.42. The summed E-state index contributed by atoms with van der Waals surface area (Å²) in [4.78, 5) is 12.1. The Hall–Kier alpha value is -1.35. The summed E-state index contributed by atoms with van der Waals surface area (Å²) < 4.78 is 5.42. The third kappa shape index (κ3) is 5.32. The summed E-state index contributed by atoms with van der Waals surface area (Å²) >= 11 is 0. The molecule has 0 bridgehead atoms. The molecule has 3 nitrogen and oxygen atoms in total. The number of ether oxygens (including phenoxy) is 1. The fraction of sp³-hybridized carbons (Fsp3) is 0.533. The summed E-state index contributed by atoms with van der Waals surface area (Å²) in [5.41, 5.74) is 0.691. The minimum Gasteiger partial charge on any atom is -0.459 e. The number of rotatable bonds is 5. The number of hydrogen-bond acceptors (Lipinski definition) is 3. The standard InChI is InChI=1S/C15H23NO2/c1-5-16-13(14(17)18-15(2,3)4)11-12-9-7-6-8-10-12/h6-10,13,16H,5,11H2,1-4H3. The number of likely N-dealkylation sites (N-methyl/N-ethyl adjacent to an activating group) is 1. The van der Waals surface area contributed by atoms with Crippen molar-refractivity contribution in [1.29, 1.82) is 0 Å². The van der Waals surface area contributed by atoms with Crippen molar-refractivity contribution >= 4 is 5.97 Å². The molecule has 1 aromatic carbocycles. The Balaban J connectivity index is 2.68. The maximum atomic E-state index is 12.1. The van der Waals surface area contributed by atoms with Crippen LogP contribution in [0.2, 0.25) is 0 Å². The number of benzene rings is 1. The van der Waals surface area contributed by atoms with Crippen LogP contribution in [0.15, 0.2) is 30.3 Å². The van der Waals surface area contributed by atoms with Gasteiger partial charge in [0.05, 0.1) is 0 Å². The van der Waals surface area contributed by atoms with Crippen molar-refractivity contribution in [1.82, 2.24) is 5.32 Å². The van der Waals surface area contributed by atoms with Crippen molar-refractivity contribution < 1.29 is 9.53 Å². The highest BCUT2D eigenvalue weighted by Gasteiger charge is 2.24. The van der Waals surface area contributed by atoms with Crippen molar-refractivity contribution in [2.24, 2.45) is 0 Å². The van der Waals surface area contributed by atoms with E-state index in [4.69, 9.17) is 4.74 Å². The Morgan fingerprint density at radius 2 is 1.89 bits per heavy atom. The number of carbonyl (C=O) groups excluding carboxylic acids is 1. The monoisotopic (exact) mass is 249 g/mol. The summed E-state index contributed by atoms with van der Waals surface area (Å²) in [6, 6.07) is 9.69. The van der Waals surface area contributed by atoms with Gasteiger partial charge in [0.1, 0.15) is 11.6 Å². The minimum atomic E-state index is -0.443. The maximum absolute atomic E-state index is 12.1. The van der Waals surface area contributed by atoms with Gasteiger partial charge in [0.25, 0.3) is 0 Å². The second-order valence-electron chi connectivity index (χ2n) is 5.33. The minimum absolute atomic E-state index is 0.187. The van der Waals surface area contributed by atoms with E-state index in [0.29, 0.717) is 6.42 Å².